The van der Waals surface area contributed by atoms with Crippen molar-refractivity contribution in [3.63, 3.8) is 0 Å². The first-order valence-electron chi connectivity index (χ1n) is 6.60. The molecule has 2 aromatic rings. The Kier molecular flexibility index (Phi) is 4.06. The van der Waals surface area contributed by atoms with Gasteiger partial charge in [0.15, 0.2) is 0 Å². The van der Waals surface area contributed by atoms with Crippen LogP contribution in [-0.4, -0.2) is 13.1 Å². The molecule has 2 nitrogen and oxygen atoms in total. The molecule has 4 heteroatoms. The van der Waals surface area contributed by atoms with Gasteiger partial charge in [-0.2, -0.15) is 0 Å². The quantitative estimate of drug-likeness (QED) is 0.811. The van der Waals surface area contributed by atoms with Crippen molar-refractivity contribution in [2.75, 3.05) is 18.4 Å². The van der Waals surface area contributed by atoms with Crippen molar-refractivity contribution in [3.8, 4) is 0 Å². The van der Waals surface area contributed by atoms with Gasteiger partial charge in [-0.25, -0.2) is 0 Å². The first kappa shape index (κ1) is 13.0. The van der Waals surface area contributed by atoms with Crippen LogP contribution in [0.15, 0.2) is 36.4 Å². The first-order chi connectivity index (χ1) is 9.33. The van der Waals surface area contributed by atoms with Crippen LogP contribution >= 0.6 is 22.9 Å². The Bertz CT molecular complexity index is 553. The lowest BCUT2D eigenvalue weighted by Gasteiger charge is -2.10. The Hall–Kier alpha value is -1.03. The molecule has 1 atom stereocenters. The Labute approximate surface area is 122 Å². The minimum Gasteiger partial charge on any atom is -0.384 e. The molecule has 1 aliphatic rings. The number of nitrogens with one attached hydrogen (secondary N) is 2. The fourth-order valence-electron chi connectivity index (χ4n) is 2.55. The lowest BCUT2D eigenvalue weighted by Crippen LogP contribution is -2.17. The monoisotopic (exact) mass is 292 g/mol. The van der Waals surface area contributed by atoms with E-state index in [-0.39, 0.29) is 0 Å². The Morgan fingerprint density at radius 1 is 1.26 bits per heavy atom. The molecular weight excluding hydrogens is 276 g/mol. The highest BCUT2D eigenvalue weighted by atomic mass is 35.5. The second-order valence-corrected chi connectivity index (χ2v) is 6.64. The van der Waals surface area contributed by atoms with Crippen molar-refractivity contribution in [1.82, 2.24) is 5.32 Å². The molecule has 1 unspecified atom stereocenters. The summed E-state index contributed by atoms with van der Waals surface area (Å²) in [6.45, 7) is 3.02. The van der Waals surface area contributed by atoms with E-state index in [2.05, 4.69) is 41.0 Å². The van der Waals surface area contributed by atoms with Crippen molar-refractivity contribution >= 4 is 28.6 Å². The van der Waals surface area contributed by atoms with Gasteiger partial charge in [-0.3, -0.25) is 0 Å². The highest BCUT2D eigenvalue weighted by Crippen LogP contribution is 2.32. The molecule has 1 aromatic carbocycles. The number of para-hydroxylation sites is 1. The summed E-state index contributed by atoms with van der Waals surface area (Å²) in [6, 6.07) is 12.7. The molecule has 0 saturated carbocycles. The molecule has 0 spiro atoms. The predicted molar refractivity (Wildman–Crippen MR) is 83.3 cm³/mol. The van der Waals surface area contributed by atoms with E-state index < -0.39 is 0 Å². The fraction of sp³-hybridized carbons (Fsp3) is 0.333. The Morgan fingerprint density at radius 3 is 3.00 bits per heavy atom. The summed E-state index contributed by atoms with van der Waals surface area (Å²) >= 11 is 7.57. The minimum absolute atomic E-state index is 0.635. The molecule has 2 N–H and O–H groups in total. The number of fused-ring (bicyclic) bond motifs is 1. The van der Waals surface area contributed by atoms with Crippen molar-refractivity contribution in [3.05, 3.63) is 51.2 Å². The topological polar surface area (TPSA) is 24.1 Å². The van der Waals surface area contributed by atoms with Crippen LogP contribution in [0.25, 0.3) is 0 Å². The molecule has 0 saturated heterocycles. The van der Waals surface area contributed by atoms with Crippen molar-refractivity contribution in [2.24, 2.45) is 0 Å². The van der Waals surface area contributed by atoms with Crippen molar-refractivity contribution < 1.29 is 0 Å². The Balaban J connectivity index is 1.46. The summed E-state index contributed by atoms with van der Waals surface area (Å²) in [5.41, 5.74) is 2.76. The van der Waals surface area contributed by atoms with Crippen LogP contribution in [0.4, 0.5) is 5.69 Å². The second kappa shape index (κ2) is 5.95. The van der Waals surface area contributed by atoms with Crippen LogP contribution in [-0.2, 0) is 6.54 Å². The van der Waals surface area contributed by atoms with Gasteiger partial charge >= 0.3 is 0 Å². The molecule has 1 aliphatic heterocycles. The van der Waals surface area contributed by atoms with Crippen LogP contribution in [0, 0.1) is 0 Å². The third-order valence-corrected chi connectivity index (χ3v) is 4.77. The summed E-state index contributed by atoms with van der Waals surface area (Å²) in [5.74, 6) is 0.635. The third-order valence-electron chi connectivity index (χ3n) is 3.54. The number of benzene rings is 1. The van der Waals surface area contributed by atoms with E-state index in [0.717, 1.165) is 24.0 Å². The van der Waals surface area contributed by atoms with E-state index in [0.29, 0.717) is 5.92 Å². The van der Waals surface area contributed by atoms with E-state index in [1.54, 1.807) is 11.3 Å². The molecule has 0 amide bonds. The van der Waals surface area contributed by atoms with Gasteiger partial charge in [0.05, 0.1) is 4.34 Å². The van der Waals surface area contributed by atoms with Crippen molar-refractivity contribution in [2.45, 2.75) is 18.9 Å². The number of halogens is 1. The Morgan fingerprint density at radius 2 is 2.16 bits per heavy atom. The van der Waals surface area contributed by atoms with Crippen LogP contribution in [0.1, 0.15) is 22.8 Å². The van der Waals surface area contributed by atoms with E-state index in [9.17, 15) is 0 Å². The molecule has 0 aliphatic carbocycles. The lowest BCUT2D eigenvalue weighted by molar-refractivity contribution is 0.595. The molecule has 19 heavy (non-hydrogen) atoms. The zero-order valence-electron chi connectivity index (χ0n) is 10.7. The van der Waals surface area contributed by atoms with E-state index >= 15 is 0 Å². The van der Waals surface area contributed by atoms with Gasteiger partial charge in [0, 0.05) is 29.6 Å². The van der Waals surface area contributed by atoms with Gasteiger partial charge < -0.3 is 10.6 Å². The molecule has 3 rings (SSSR count). The van der Waals surface area contributed by atoms with Gasteiger partial charge in [0.1, 0.15) is 0 Å². The number of hydrogen-bond donors (Lipinski definition) is 2. The van der Waals surface area contributed by atoms with Gasteiger partial charge in [0.2, 0.25) is 0 Å². The van der Waals surface area contributed by atoms with Gasteiger partial charge in [-0.15, -0.1) is 11.3 Å². The van der Waals surface area contributed by atoms with Crippen LogP contribution < -0.4 is 10.6 Å². The summed E-state index contributed by atoms with van der Waals surface area (Å²) < 4.78 is 0.866. The SMILES string of the molecule is Clc1ccc(CNCCC2CNc3ccccc32)s1. The third kappa shape index (κ3) is 3.11. The fourth-order valence-corrected chi connectivity index (χ4v) is 3.61. The lowest BCUT2D eigenvalue weighted by atomic mass is 9.98. The zero-order chi connectivity index (χ0) is 13.1. The van der Waals surface area contributed by atoms with Crippen LogP contribution in [0.3, 0.4) is 0 Å². The standard InChI is InChI=1S/C15H17ClN2S/c16-15-6-5-12(19-15)10-17-8-7-11-9-18-14-4-2-1-3-13(11)14/h1-6,11,17-18H,7-10H2. The molecule has 0 bridgehead atoms. The van der Waals surface area contributed by atoms with Crippen LogP contribution in [0.5, 0.6) is 0 Å². The normalized spacial score (nSPS) is 17.2. The molecule has 100 valence electrons. The molecule has 0 radical (unpaired) electrons. The van der Waals surface area contributed by atoms with Gasteiger partial charge in [-0.1, -0.05) is 29.8 Å². The van der Waals surface area contributed by atoms with E-state index in [4.69, 9.17) is 11.6 Å². The zero-order valence-corrected chi connectivity index (χ0v) is 12.2. The maximum atomic E-state index is 5.92. The summed E-state index contributed by atoms with van der Waals surface area (Å²) in [6.07, 6.45) is 1.17. The van der Waals surface area contributed by atoms with Gasteiger partial charge in [0.25, 0.3) is 0 Å². The molecule has 0 fully saturated rings. The number of rotatable bonds is 5. The second-order valence-electron chi connectivity index (χ2n) is 4.84. The smallest absolute Gasteiger partial charge is 0.0931 e. The average Bonchev–Trinajstić information content (AvgIpc) is 3.02. The summed E-state index contributed by atoms with van der Waals surface area (Å²) in [4.78, 5) is 1.30. The minimum atomic E-state index is 0.635. The predicted octanol–water partition coefficient (Wildman–Crippen LogP) is 4.09. The number of hydrogen-bond acceptors (Lipinski definition) is 3. The largest absolute Gasteiger partial charge is 0.384 e. The molecular formula is C15H17ClN2S. The highest BCUT2D eigenvalue weighted by Gasteiger charge is 2.20. The van der Waals surface area contributed by atoms with Crippen LogP contribution in [0.2, 0.25) is 4.34 Å². The summed E-state index contributed by atoms with van der Waals surface area (Å²) in [5, 5.41) is 6.97. The maximum Gasteiger partial charge on any atom is 0.0931 e. The molecule has 1 aromatic heterocycles. The molecule has 2 heterocycles. The van der Waals surface area contributed by atoms with E-state index in [1.807, 2.05) is 6.07 Å². The number of thiophene rings is 1. The van der Waals surface area contributed by atoms with Gasteiger partial charge in [-0.05, 0) is 36.7 Å². The maximum absolute atomic E-state index is 5.92. The average molecular weight is 293 g/mol. The van der Waals surface area contributed by atoms with E-state index in [1.165, 1.54) is 22.5 Å². The first-order valence-corrected chi connectivity index (χ1v) is 7.80. The van der Waals surface area contributed by atoms with Crippen molar-refractivity contribution in [1.29, 1.82) is 0 Å². The summed E-state index contributed by atoms with van der Waals surface area (Å²) in [7, 11) is 0. The number of anilines is 1. The highest BCUT2D eigenvalue weighted by molar-refractivity contribution is 7.16.